The second-order valence-electron chi connectivity index (χ2n) is 4.73. The van der Waals surface area contributed by atoms with Gasteiger partial charge in [0.05, 0.1) is 10.3 Å². The zero-order valence-electron chi connectivity index (χ0n) is 12.3. The molecule has 0 fully saturated rings. The molecule has 1 aromatic carbocycles. The highest BCUT2D eigenvalue weighted by Gasteiger charge is 2.21. The van der Waals surface area contributed by atoms with Gasteiger partial charge in [0.2, 0.25) is 5.91 Å². The Morgan fingerprint density at radius 1 is 1.38 bits per heavy atom. The maximum absolute atomic E-state index is 11.7. The summed E-state index contributed by atoms with van der Waals surface area (Å²) in [6, 6.07) is 6.79. The largest absolute Gasteiger partial charge is 0.410 e. The summed E-state index contributed by atoms with van der Waals surface area (Å²) in [6.07, 6.45) is 0. The Morgan fingerprint density at radius 3 is 2.83 bits per heavy atom. The van der Waals surface area contributed by atoms with Crippen molar-refractivity contribution in [3.63, 3.8) is 0 Å². The van der Waals surface area contributed by atoms with Crippen molar-refractivity contribution >= 4 is 56.7 Å². The predicted molar refractivity (Wildman–Crippen MR) is 93.2 cm³/mol. The van der Waals surface area contributed by atoms with Crippen LogP contribution in [0.4, 0.5) is 4.79 Å². The molecule has 3 N–H and O–H groups in total. The molecule has 0 aliphatic rings. The number of nitrogens with one attached hydrogen (secondary N) is 1. The number of nitrogens with zero attached hydrogens (tertiary/aromatic N) is 2. The number of amides is 3. The lowest BCUT2D eigenvalue weighted by Crippen LogP contribution is -2.39. The van der Waals surface area contributed by atoms with Gasteiger partial charge in [-0.3, -0.25) is 10.1 Å². The summed E-state index contributed by atoms with van der Waals surface area (Å²) >= 11 is 8.84. The van der Waals surface area contributed by atoms with Gasteiger partial charge in [0.1, 0.15) is 4.88 Å². The maximum atomic E-state index is 11.7. The third-order valence-electron chi connectivity index (χ3n) is 3.03. The highest BCUT2D eigenvalue weighted by atomic mass is 35.5. The number of thiophene rings is 1. The molecule has 0 spiro atoms. The topological polar surface area (TPSA) is 111 Å². The van der Waals surface area contributed by atoms with E-state index in [0.29, 0.717) is 9.90 Å². The van der Waals surface area contributed by atoms with Crippen molar-refractivity contribution in [3.05, 3.63) is 29.3 Å². The first-order chi connectivity index (χ1) is 11.5. The molecule has 7 nitrogen and oxygen atoms in total. The second-order valence-corrected chi connectivity index (χ2v) is 7.45. The van der Waals surface area contributed by atoms with Crippen molar-refractivity contribution in [3.8, 4) is 10.8 Å². The Balaban J connectivity index is 1.81. The summed E-state index contributed by atoms with van der Waals surface area (Å²) in [5.74, 6) is -0.252. The summed E-state index contributed by atoms with van der Waals surface area (Å²) < 4.78 is 6.59. The number of hydrogen-bond donors (Lipinski definition) is 2. The Morgan fingerprint density at radius 2 is 2.12 bits per heavy atom. The monoisotopic (exact) mass is 382 g/mol. The number of carbonyl (C=O) groups excluding carboxylic acids is 2. The van der Waals surface area contributed by atoms with Gasteiger partial charge in [0.15, 0.2) is 0 Å². The summed E-state index contributed by atoms with van der Waals surface area (Å²) in [5.41, 5.74) is 4.91. The molecule has 0 saturated carbocycles. The van der Waals surface area contributed by atoms with Gasteiger partial charge < -0.3 is 10.2 Å². The van der Waals surface area contributed by atoms with E-state index in [2.05, 4.69) is 10.2 Å². The van der Waals surface area contributed by atoms with Crippen LogP contribution in [0.25, 0.3) is 20.9 Å². The van der Waals surface area contributed by atoms with Crippen LogP contribution in [0, 0.1) is 0 Å². The molecular weight excluding hydrogens is 372 g/mol. The van der Waals surface area contributed by atoms with Crippen LogP contribution in [-0.2, 0) is 4.79 Å². The van der Waals surface area contributed by atoms with Crippen molar-refractivity contribution in [2.45, 2.75) is 17.4 Å². The Bertz CT molecular complexity index is 924. The van der Waals surface area contributed by atoms with E-state index in [1.165, 1.54) is 11.3 Å². The molecule has 3 rings (SSSR count). The van der Waals surface area contributed by atoms with Gasteiger partial charge in [-0.2, -0.15) is 0 Å². The van der Waals surface area contributed by atoms with E-state index in [1.807, 2.05) is 29.6 Å². The van der Waals surface area contributed by atoms with Gasteiger partial charge in [0.25, 0.3) is 11.1 Å². The fraction of sp³-hybridized carbons (Fsp3) is 0.143. The van der Waals surface area contributed by atoms with Gasteiger partial charge >= 0.3 is 6.03 Å². The van der Waals surface area contributed by atoms with E-state index < -0.39 is 17.2 Å². The first-order valence-electron chi connectivity index (χ1n) is 6.73. The second kappa shape index (κ2) is 6.80. The fourth-order valence-corrected chi connectivity index (χ4v) is 4.05. The number of carbonyl (C=O) groups is 2. The number of aromatic nitrogens is 2. The molecule has 3 amide bonds. The normalized spacial score (nSPS) is 12.2. The minimum absolute atomic E-state index is 0.200. The lowest BCUT2D eigenvalue weighted by molar-refractivity contribution is -0.119. The number of imide groups is 1. The molecule has 24 heavy (non-hydrogen) atoms. The first-order valence-corrected chi connectivity index (χ1v) is 8.81. The van der Waals surface area contributed by atoms with Crippen LogP contribution < -0.4 is 11.1 Å². The van der Waals surface area contributed by atoms with Gasteiger partial charge in [-0.05, 0) is 13.0 Å². The van der Waals surface area contributed by atoms with Crippen LogP contribution in [-0.4, -0.2) is 27.4 Å². The third-order valence-corrected chi connectivity index (χ3v) is 5.63. The van der Waals surface area contributed by atoms with Gasteiger partial charge in [0, 0.05) is 10.1 Å². The Labute approximate surface area is 149 Å². The average molecular weight is 383 g/mol. The number of hydrogen-bond acceptors (Lipinski definition) is 7. The van der Waals surface area contributed by atoms with Crippen molar-refractivity contribution in [2.24, 2.45) is 5.73 Å². The number of nitrogens with two attached hydrogens (primary N) is 1. The molecule has 1 unspecified atom stereocenters. The minimum Gasteiger partial charge on any atom is -0.410 e. The Hall–Kier alpha value is -2.10. The molecule has 0 aliphatic heterocycles. The lowest BCUT2D eigenvalue weighted by atomic mass is 10.2. The first kappa shape index (κ1) is 16.7. The number of fused-ring (bicyclic) bond motifs is 1. The van der Waals surface area contributed by atoms with E-state index in [1.54, 1.807) is 6.92 Å². The van der Waals surface area contributed by atoms with E-state index in [4.69, 9.17) is 21.8 Å². The Kier molecular flexibility index (Phi) is 4.74. The van der Waals surface area contributed by atoms with Gasteiger partial charge in [-0.15, -0.1) is 21.5 Å². The minimum atomic E-state index is -0.907. The number of urea groups is 1. The molecule has 2 heterocycles. The van der Waals surface area contributed by atoms with Crippen LogP contribution in [0.3, 0.4) is 0 Å². The lowest BCUT2D eigenvalue weighted by Gasteiger charge is -2.06. The van der Waals surface area contributed by atoms with Crippen LogP contribution in [0.5, 0.6) is 0 Å². The van der Waals surface area contributed by atoms with Crippen LogP contribution in [0.15, 0.2) is 33.9 Å². The van der Waals surface area contributed by atoms with Crippen LogP contribution >= 0.6 is 34.7 Å². The highest BCUT2D eigenvalue weighted by Crippen LogP contribution is 2.41. The van der Waals surface area contributed by atoms with E-state index >= 15 is 0 Å². The van der Waals surface area contributed by atoms with Crippen LogP contribution in [0.1, 0.15) is 6.92 Å². The quantitative estimate of drug-likeness (QED) is 0.670. The standard InChI is InChI=1S/C14H11ClN4O3S2/c1-6(11(20)17-13(16)21)23-14-19-18-12(22-14)10-9(15)7-4-2-3-5-8(7)24-10/h2-6H,1H3,(H3,16,17,20,21). The molecule has 0 radical (unpaired) electrons. The highest BCUT2D eigenvalue weighted by molar-refractivity contribution is 8.00. The SMILES string of the molecule is CC(Sc1nnc(-c2sc3ccccc3c2Cl)o1)C(=O)NC(N)=O. The van der Waals surface area contributed by atoms with Crippen molar-refractivity contribution in [2.75, 3.05) is 0 Å². The smallest absolute Gasteiger partial charge is 0.318 e. The summed E-state index contributed by atoms with van der Waals surface area (Å²) in [7, 11) is 0. The van der Waals surface area contributed by atoms with Gasteiger partial charge in [-0.1, -0.05) is 41.6 Å². The fourth-order valence-electron chi connectivity index (χ4n) is 1.93. The molecule has 0 saturated heterocycles. The molecular formula is C14H11ClN4O3S2. The molecule has 10 heteroatoms. The van der Waals surface area contributed by atoms with Crippen molar-refractivity contribution < 1.29 is 14.0 Å². The number of halogens is 1. The molecule has 124 valence electrons. The van der Waals surface area contributed by atoms with Gasteiger partial charge in [-0.25, -0.2) is 4.79 Å². The van der Waals surface area contributed by atoms with Crippen molar-refractivity contribution in [1.29, 1.82) is 0 Å². The zero-order valence-corrected chi connectivity index (χ0v) is 14.7. The number of rotatable bonds is 4. The van der Waals surface area contributed by atoms with Crippen molar-refractivity contribution in [1.82, 2.24) is 15.5 Å². The molecule has 3 aromatic rings. The average Bonchev–Trinajstić information content (AvgIpc) is 3.12. The van der Waals surface area contributed by atoms with E-state index in [-0.39, 0.29) is 11.1 Å². The number of benzene rings is 1. The summed E-state index contributed by atoms with van der Waals surface area (Å²) in [5, 5.41) is 10.9. The van der Waals surface area contributed by atoms with E-state index in [0.717, 1.165) is 21.8 Å². The number of primary amides is 1. The molecule has 0 bridgehead atoms. The third kappa shape index (κ3) is 3.37. The van der Waals surface area contributed by atoms with Crippen LogP contribution in [0.2, 0.25) is 5.02 Å². The predicted octanol–water partition coefficient (Wildman–Crippen LogP) is 3.28. The zero-order chi connectivity index (χ0) is 17.3. The molecule has 0 aliphatic carbocycles. The maximum Gasteiger partial charge on any atom is 0.318 e. The summed E-state index contributed by atoms with van der Waals surface area (Å²) in [6.45, 7) is 1.60. The summed E-state index contributed by atoms with van der Waals surface area (Å²) in [4.78, 5) is 23.0. The molecule has 2 aromatic heterocycles. The number of thioether (sulfide) groups is 1. The van der Waals surface area contributed by atoms with E-state index in [9.17, 15) is 9.59 Å². The molecule has 1 atom stereocenters.